The fourth-order valence-corrected chi connectivity index (χ4v) is 8.47. The summed E-state index contributed by atoms with van der Waals surface area (Å²) in [4.78, 5) is 0. The van der Waals surface area contributed by atoms with Crippen LogP contribution in [0, 0.1) is 51.8 Å². The molecule has 154 valence electrons. The van der Waals surface area contributed by atoms with Crippen molar-refractivity contribution in [1.82, 2.24) is 0 Å². The van der Waals surface area contributed by atoms with E-state index >= 15 is 0 Å². The quantitative estimate of drug-likeness (QED) is 0.457. The lowest BCUT2D eigenvalue weighted by atomic mass is 9.45. The third kappa shape index (κ3) is 3.72. The maximum atomic E-state index is 8.79. The van der Waals surface area contributed by atoms with E-state index in [2.05, 4.69) is 19.9 Å². The molecule has 0 bridgehead atoms. The van der Waals surface area contributed by atoms with Crippen molar-refractivity contribution in [2.75, 3.05) is 0 Å². The molecule has 0 aliphatic heterocycles. The lowest BCUT2D eigenvalue weighted by Crippen LogP contribution is -2.52. The lowest BCUT2D eigenvalue weighted by molar-refractivity contribution is -0.111. The Bertz CT molecular complexity index is 519. The van der Waals surface area contributed by atoms with Crippen molar-refractivity contribution in [3.8, 4) is 6.07 Å². The summed E-state index contributed by atoms with van der Waals surface area (Å²) >= 11 is 0. The van der Waals surface area contributed by atoms with Crippen LogP contribution in [0.2, 0.25) is 0 Å². The second-order valence-electron chi connectivity index (χ2n) is 10.6. The van der Waals surface area contributed by atoms with E-state index in [0.29, 0.717) is 10.8 Å². The highest BCUT2D eigenvalue weighted by atomic mass is 14.6. The Morgan fingerprint density at radius 2 is 1.59 bits per heavy atom. The Morgan fingerprint density at radius 3 is 2.37 bits per heavy atom. The van der Waals surface area contributed by atoms with E-state index in [1.807, 2.05) is 13.8 Å². The summed E-state index contributed by atoms with van der Waals surface area (Å²) in [6, 6.07) is 2.33. The fraction of sp³-hybridized carbons (Fsp3) is 0.962. The molecule has 0 radical (unpaired) electrons. The average Bonchev–Trinajstić information content (AvgIpc) is 3.03. The lowest BCUT2D eigenvalue weighted by Gasteiger charge is -2.60. The van der Waals surface area contributed by atoms with Crippen molar-refractivity contribution in [2.45, 2.75) is 118 Å². The Labute approximate surface area is 169 Å². The van der Waals surface area contributed by atoms with Gasteiger partial charge < -0.3 is 0 Å². The minimum atomic E-state index is 0.631. The van der Waals surface area contributed by atoms with Crippen molar-refractivity contribution < 1.29 is 0 Å². The van der Waals surface area contributed by atoms with Crippen molar-refractivity contribution in [1.29, 1.82) is 5.26 Å². The van der Waals surface area contributed by atoms with Gasteiger partial charge in [-0.2, -0.15) is 5.26 Å². The molecule has 0 aromatic carbocycles. The van der Waals surface area contributed by atoms with E-state index in [1.54, 1.807) is 6.42 Å². The molecule has 27 heavy (non-hydrogen) atoms. The van der Waals surface area contributed by atoms with Gasteiger partial charge in [-0.3, -0.25) is 0 Å². The molecule has 4 fully saturated rings. The predicted molar refractivity (Wildman–Crippen MR) is 115 cm³/mol. The third-order valence-corrected chi connectivity index (χ3v) is 9.87. The molecular formula is C26H45N. The third-order valence-electron chi connectivity index (χ3n) is 9.87. The van der Waals surface area contributed by atoms with Crippen LogP contribution in [0.1, 0.15) is 118 Å². The van der Waals surface area contributed by atoms with Crippen LogP contribution in [-0.2, 0) is 0 Å². The van der Waals surface area contributed by atoms with Crippen LogP contribution in [0.15, 0.2) is 0 Å². The summed E-state index contributed by atoms with van der Waals surface area (Å²) in [6.07, 6.45) is 19.7. The first kappa shape index (κ1) is 21.2. The van der Waals surface area contributed by atoms with E-state index in [4.69, 9.17) is 5.26 Å². The molecule has 7 unspecified atom stereocenters. The smallest absolute Gasteiger partial charge is 0.0621 e. The van der Waals surface area contributed by atoms with E-state index < -0.39 is 0 Å². The van der Waals surface area contributed by atoms with E-state index in [0.717, 1.165) is 42.4 Å². The summed E-state index contributed by atoms with van der Waals surface area (Å²) < 4.78 is 0. The highest BCUT2D eigenvalue weighted by Gasteiger charge is 2.59. The van der Waals surface area contributed by atoms with Gasteiger partial charge in [0.15, 0.2) is 0 Å². The Hall–Kier alpha value is -0.510. The second-order valence-corrected chi connectivity index (χ2v) is 10.6. The van der Waals surface area contributed by atoms with Gasteiger partial charge in [0, 0.05) is 6.42 Å². The summed E-state index contributed by atoms with van der Waals surface area (Å²) in [5.41, 5.74) is 1.32. The summed E-state index contributed by atoms with van der Waals surface area (Å²) in [7, 11) is 0. The second kappa shape index (κ2) is 8.88. The number of nitrogens with zero attached hydrogens (tertiary/aromatic N) is 1. The molecule has 4 aliphatic rings. The number of nitriles is 1. The molecule has 0 aromatic rings. The van der Waals surface area contributed by atoms with Crippen molar-refractivity contribution in [3.05, 3.63) is 0 Å². The summed E-state index contributed by atoms with van der Waals surface area (Å²) in [5.74, 6) is 5.11. The van der Waals surface area contributed by atoms with Crippen LogP contribution in [0.25, 0.3) is 0 Å². The van der Waals surface area contributed by atoms with Gasteiger partial charge in [0.1, 0.15) is 0 Å². The maximum Gasteiger partial charge on any atom is 0.0621 e. The number of unbranched alkanes of at least 4 members (excludes halogenated alkanes) is 2. The largest absolute Gasteiger partial charge is 0.198 e. The molecule has 0 N–H and O–H groups in total. The molecule has 1 nitrogen and oxygen atoms in total. The van der Waals surface area contributed by atoms with Crippen LogP contribution in [0.3, 0.4) is 0 Å². The number of hydrogen-bond acceptors (Lipinski definition) is 1. The standard InChI is InChI=1S/C24H39N.C2H6/c1-23-15-6-5-9-18(23)10-12-20-21-13-11-19(8-4-3-7-17-25)24(21,2)16-14-22(20)23;1-2/h18-22H,3-16H2,1-2H3;1-2H3. The molecule has 0 heterocycles. The average molecular weight is 372 g/mol. The first-order valence-corrected chi connectivity index (χ1v) is 12.5. The summed E-state index contributed by atoms with van der Waals surface area (Å²) in [5, 5.41) is 8.79. The van der Waals surface area contributed by atoms with Crippen LogP contribution < -0.4 is 0 Å². The van der Waals surface area contributed by atoms with Gasteiger partial charge >= 0.3 is 0 Å². The molecule has 4 rings (SSSR count). The van der Waals surface area contributed by atoms with Crippen molar-refractivity contribution in [3.63, 3.8) is 0 Å². The highest BCUT2D eigenvalue weighted by Crippen LogP contribution is 2.67. The van der Waals surface area contributed by atoms with Gasteiger partial charge in [-0.05, 0) is 105 Å². The highest BCUT2D eigenvalue weighted by molar-refractivity contribution is 5.08. The first-order valence-electron chi connectivity index (χ1n) is 12.5. The zero-order valence-corrected chi connectivity index (χ0v) is 18.7. The van der Waals surface area contributed by atoms with Crippen LogP contribution in [0.5, 0.6) is 0 Å². The maximum absolute atomic E-state index is 8.79. The Kier molecular flexibility index (Phi) is 6.97. The van der Waals surface area contributed by atoms with Gasteiger partial charge in [-0.1, -0.05) is 47.0 Å². The molecule has 4 saturated carbocycles. The first-order chi connectivity index (χ1) is 13.1. The molecular weight excluding hydrogens is 326 g/mol. The van der Waals surface area contributed by atoms with Crippen LogP contribution >= 0.6 is 0 Å². The monoisotopic (exact) mass is 371 g/mol. The molecule has 7 atom stereocenters. The van der Waals surface area contributed by atoms with Gasteiger partial charge in [0.25, 0.3) is 0 Å². The van der Waals surface area contributed by atoms with E-state index in [9.17, 15) is 0 Å². The van der Waals surface area contributed by atoms with Gasteiger partial charge in [0.2, 0.25) is 0 Å². The minimum absolute atomic E-state index is 0.631. The molecule has 0 amide bonds. The van der Waals surface area contributed by atoms with Gasteiger partial charge in [-0.15, -0.1) is 0 Å². The zero-order valence-electron chi connectivity index (χ0n) is 18.7. The van der Waals surface area contributed by atoms with E-state index in [1.165, 1.54) is 70.6 Å². The predicted octanol–water partition coefficient (Wildman–Crippen LogP) is 8.15. The molecule has 1 heteroatoms. The minimum Gasteiger partial charge on any atom is -0.198 e. The molecule has 0 aromatic heterocycles. The zero-order chi connectivity index (χ0) is 19.5. The van der Waals surface area contributed by atoms with Crippen LogP contribution in [-0.4, -0.2) is 0 Å². The SMILES string of the molecule is CC.CC12CCCCC1CCC1C2CCC2(C)C(CCCCC#N)CCC12. The Balaban J connectivity index is 0.00000102. The fourth-order valence-electron chi connectivity index (χ4n) is 8.47. The number of fused-ring (bicyclic) bond motifs is 5. The summed E-state index contributed by atoms with van der Waals surface area (Å²) in [6.45, 7) is 9.37. The molecule has 4 aliphatic carbocycles. The van der Waals surface area contributed by atoms with Gasteiger partial charge in [-0.25, -0.2) is 0 Å². The van der Waals surface area contributed by atoms with Crippen molar-refractivity contribution in [2.24, 2.45) is 40.4 Å². The van der Waals surface area contributed by atoms with Gasteiger partial charge in [0.05, 0.1) is 6.07 Å². The topological polar surface area (TPSA) is 23.8 Å². The molecule has 0 spiro atoms. The molecule has 0 saturated heterocycles. The Morgan fingerprint density at radius 1 is 0.815 bits per heavy atom. The number of hydrogen-bond donors (Lipinski definition) is 0. The van der Waals surface area contributed by atoms with Crippen LogP contribution in [0.4, 0.5) is 0 Å². The normalized spacial score (nSPS) is 45.5. The number of rotatable bonds is 4. The van der Waals surface area contributed by atoms with Crippen molar-refractivity contribution >= 4 is 0 Å². The van der Waals surface area contributed by atoms with E-state index in [-0.39, 0.29) is 0 Å².